The van der Waals surface area contributed by atoms with E-state index in [0.717, 1.165) is 0 Å². The average Bonchev–Trinajstić information content (AvgIpc) is 3.19. The minimum Gasteiger partial charge on any atom is -0.444 e. The summed E-state index contributed by atoms with van der Waals surface area (Å²) in [7, 11) is 0. The first kappa shape index (κ1) is 19.5. The number of halogens is 2. The summed E-state index contributed by atoms with van der Waals surface area (Å²) in [5, 5.41) is 6.52. The standard InChI is InChI=1S/C17H23F2N3O5/c1-16(2,3)26-15(24)22-7-4-11-10(8-22)12(21-27-11)13(23)20-17(5-6-17)9-25-14(18)19/h14H,4-9H2,1-3H3,(H,20,23). The van der Waals surface area contributed by atoms with E-state index in [1.54, 1.807) is 20.8 Å². The number of nitrogens with zero attached hydrogens (tertiary/aromatic N) is 2. The summed E-state index contributed by atoms with van der Waals surface area (Å²) in [6.45, 7) is 2.70. The lowest BCUT2D eigenvalue weighted by molar-refractivity contribution is -0.135. The van der Waals surface area contributed by atoms with Gasteiger partial charge in [0.15, 0.2) is 5.69 Å². The molecule has 1 aliphatic carbocycles. The van der Waals surface area contributed by atoms with Crippen molar-refractivity contribution in [3.8, 4) is 0 Å². The van der Waals surface area contributed by atoms with Crippen LogP contribution in [0.25, 0.3) is 0 Å². The van der Waals surface area contributed by atoms with E-state index < -0.39 is 29.8 Å². The van der Waals surface area contributed by atoms with Crippen molar-refractivity contribution in [2.45, 2.75) is 64.3 Å². The van der Waals surface area contributed by atoms with Crippen LogP contribution < -0.4 is 5.32 Å². The summed E-state index contributed by atoms with van der Waals surface area (Å²) in [4.78, 5) is 26.3. The minimum absolute atomic E-state index is 0.0570. The van der Waals surface area contributed by atoms with Gasteiger partial charge < -0.3 is 24.2 Å². The van der Waals surface area contributed by atoms with Crippen LogP contribution in [0.3, 0.4) is 0 Å². The van der Waals surface area contributed by atoms with Crippen LogP contribution in [0.15, 0.2) is 4.52 Å². The summed E-state index contributed by atoms with van der Waals surface area (Å²) in [5.74, 6) is 0.00930. The zero-order valence-corrected chi connectivity index (χ0v) is 15.5. The Kier molecular flexibility index (Phi) is 5.11. The summed E-state index contributed by atoms with van der Waals surface area (Å²) in [6, 6.07) is 0. The van der Waals surface area contributed by atoms with Gasteiger partial charge >= 0.3 is 12.7 Å². The highest BCUT2D eigenvalue weighted by atomic mass is 19.3. The maximum Gasteiger partial charge on any atom is 0.410 e. The Bertz CT molecular complexity index is 725. The Labute approximate surface area is 155 Å². The highest BCUT2D eigenvalue weighted by Crippen LogP contribution is 2.36. The molecular weight excluding hydrogens is 364 g/mol. The molecule has 150 valence electrons. The largest absolute Gasteiger partial charge is 0.444 e. The number of hydrogen-bond acceptors (Lipinski definition) is 6. The van der Waals surface area contributed by atoms with Gasteiger partial charge in [0.05, 0.1) is 18.7 Å². The molecule has 0 unspecified atom stereocenters. The van der Waals surface area contributed by atoms with E-state index in [0.29, 0.717) is 37.1 Å². The van der Waals surface area contributed by atoms with Gasteiger partial charge in [-0.15, -0.1) is 0 Å². The first-order valence-electron chi connectivity index (χ1n) is 8.76. The van der Waals surface area contributed by atoms with Crippen molar-refractivity contribution in [2.75, 3.05) is 13.2 Å². The smallest absolute Gasteiger partial charge is 0.410 e. The van der Waals surface area contributed by atoms with Gasteiger partial charge in [0.1, 0.15) is 11.4 Å². The van der Waals surface area contributed by atoms with E-state index in [4.69, 9.17) is 9.26 Å². The first-order valence-corrected chi connectivity index (χ1v) is 8.76. The van der Waals surface area contributed by atoms with Gasteiger partial charge in [0.2, 0.25) is 0 Å². The maximum absolute atomic E-state index is 12.6. The quantitative estimate of drug-likeness (QED) is 0.834. The van der Waals surface area contributed by atoms with E-state index in [1.807, 2.05) is 0 Å². The molecule has 1 aliphatic heterocycles. The molecule has 2 amide bonds. The first-order chi connectivity index (χ1) is 12.6. The van der Waals surface area contributed by atoms with Crippen molar-refractivity contribution in [3.63, 3.8) is 0 Å². The van der Waals surface area contributed by atoms with E-state index in [-0.39, 0.29) is 18.8 Å². The maximum atomic E-state index is 12.6. The monoisotopic (exact) mass is 387 g/mol. The highest BCUT2D eigenvalue weighted by Gasteiger charge is 2.46. The molecule has 1 aromatic heterocycles. The molecule has 3 rings (SSSR count). The Hall–Kier alpha value is -2.23. The second-order valence-corrected chi connectivity index (χ2v) is 7.89. The summed E-state index contributed by atoms with van der Waals surface area (Å²) >= 11 is 0. The summed E-state index contributed by atoms with van der Waals surface area (Å²) in [5.41, 5.74) is -0.856. The van der Waals surface area contributed by atoms with E-state index in [1.165, 1.54) is 4.90 Å². The van der Waals surface area contributed by atoms with Gasteiger partial charge in [0.25, 0.3) is 5.91 Å². The van der Waals surface area contributed by atoms with Gasteiger partial charge in [-0.05, 0) is 33.6 Å². The lowest BCUT2D eigenvalue weighted by atomic mass is 10.1. The number of alkyl halides is 2. The van der Waals surface area contributed by atoms with Crippen LogP contribution in [0.5, 0.6) is 0 Å². The lowest BCUT2D eigenvalue weighted by Gasteiger charge is -2.29. The fourth-order valence-corrected chi connectivity index (χ4v) is 2.85. The molecule has 2 aliphatic rings. The molecule has 0 saturated heterocycles. The van der Waals surface area contributed by atoms with Crippen molar-refractivity contribution in [1.29, 1.82) is 0 Å². The van der Waals surface area contributed by atoms with E-state index >= 15 is 0 Å². The van der Waals surface area contributed by atoms with Crippen molar-refractivity contribution in [1.82, 2.24) is 15.4 Å². The Morgan fingerprint density at radius 2 is 2.07 bits per heavy atom. The number of amides is 2. The molecule has 10 heteroatoms. The molecule has 0 atom stereocenters. The molecule has 27 heavy (non-hydrogen) atoms. The van der Waals surface area contributed by atoms with Crippen molar-refractivity contribution < 1.29 is 32.4 Å². The second kappa shape index (κ2) is 7.06. The number of aromatic nitrogens is 1. The molecular formula is C17H23F2N3O5. The number of carbonyl (C=O) groups excluding carboxylic acids is 2. The SMILES string of the molecule is CC(C)(C)OC(=O)N1CCc2onc(C(=O)NC3(COC(F)F)CC3)c2C1. The number of carbonyl (C=O) groups is 2. The molecule has 2 heterocycles. The average molecular weight is 387 g/mol. The molecule has 1 fully saturated rings. The molecule has 0 spiro atoms. The predicted octanol–water partition coefficient (Wildman–Crippen LogP) is 2.47. The second-order valence-electron chi connectivity index (χ2n) is 7.89. The number of hydrogen-bond donors (Lipinski definition) is 1. The Morgan fingerprint density at radius 3 is 2.67 bits per heavy atom. The fourth-order valence-electron chi connectivity index (χ4n) is 2.85. The van der Waals surface area contributed by atoms with Gasteiger partial charge in [-0.2, -0.15) is 8.78 Å². The van der Waals surface area contributed by atoms with Gasteiger partial charge in [-0.3, -0.25) is 4.79 Å². The van der Waals surface area contributed by atoms with Gasteiger partial charge in [0, 0.05) is 18.5 Å². The number of nitrogens with one attached hydrogen (secondary N) is 1. The van der Waals surface area contributed by atoms with Crippen LogP contribution >= 0.6 is 0 Å². The zero-order chi connectivity index (χ0) is 19.8. The van der Waals surface area contributed by atoms with Crippen LogP contribution in [0, 0.1) is 0 Å². The van der Waals surface area contributed by atoms with Gasteiger partial charge in [-0.25, -0.2) is 4.79 Å². The molecule has 0 bridgehead atoms. The van der Waals surface area contributed by atoms with E-state index in [9.17, 15) is 18.4 Å². The molecule has 0 radical (unpaired) electrons. The lowest BCUT2D eigenvalue weighted by Crippen LogP contribution is -2.43. The molecule has 1 saturated carbocycles. The minimum atomic E-state index is -2.89. The van der Waals surface area contributed by atoms with Crippen LogP contribution in [0.4, 0.5) is 13.6 Å². The number of rotatable bonds is 5. The van der Waals surface area contributed by atoms with Crippen molar-refractivity contribution in [2.24, 2.45) is 0 Å². The van der Waals surface area contributed by atoms with Gasteiger partial charge in [-0.1, -0.05) is 5.16 Å². The number of ether oxygens (including phenoxy) is 2. The molecule has 8 nitrogen and oxygen atoms in total. The Balaban J connectivity index is 1.67. The third-order valence-electron chi connectivity index (χ3n) is 4.41. The highest BCUT2D eigenvalue weighted by molar-refractivity contribution is 5.94. The van der Waals surface area contributed by atoms with Crippen LogP contribution in [0.2, 0.25) is 0 Å². The third-order valence-corrected chi connectivity index (χ3v) is 4.41. The number of fused-ring (bicyclic) bond motifs is 1. The summed E-state index contributed by atoms with van der Waals surface area (Å²) < 4.78 is 39.4. The fraction of sp³-hybridized carbons (Fsp3) is 0.706. The molecule has 1 aromatic rings. The predicted molar refractivity (Wildman–Crippen MR) is 88.2 cm³/mol. The zero-order valence-electron chi connectivity index (χ0n) is 15.5. The van der Waals surface area contributed by atoms with E-state index in [2.05, 4.69) is 15.2 Å². The van der Waals surface area contributed by atoms with Crippen molar-refractivity contribution >= 4 is 12.0 Å². The molecule has 1 N–H and O–H groups in total. The topological polar surface area (TPSA) is 93.9 Å². The normalized spacial score (nSPS) is 18.2. The van der Waals surface area contributed by atoms with Crippen LogP contribution in [-0.2, 0) is 22.4 Å². The third kappa shape index (κ3) is 4.74. The summed E-state index contributed by atoms with van der Waals surface area (Å²) in [6.07, 6.45) is 1.03. The van der Waals surface area contributed by atoms with Crippen LogP contribution in [0.1, 0.15) is 55.4 Å². The van der Waals surface area contributed by atoms with Crippen molar-refractivity contribution in [3.05, 3.63) is 17.0 Å². The molecule has 0 aromatic carbocycles. The Morgan fingerprint density at radius 1 is 1.37 bits per heavy atom. The van der Waals surface area contributed by atoms with Crippen LogP contribution in [-0.4, -0.2) is 53.0 Å².